The van der Waals surface area contributed by atoms with Crippen LogP contribution in [0.2, 0.25) is 0 Å². The molecule has 0 aliphatic carbocycles. The highest BCUT2D eigenvalue weighted by atomic mass is 32.2. The highest BCUT2D eigenvalue weighted by Crippen LogP contribution is 2.16. The fourth-order valence-electron chi connectivity index (χ4n) is 3.11. The van der Waals surface area contributed by atoms with Gasteiger partial charge in [-0.1, -0.05) is 17.7 Å². The average Bonchev–Trinajstić information content (AvgIpc) is 2.73. The molecule has 0 aromatic heterocycles. The summed E-state index contributed by atoms with van der Waals surface area (Å²) in [6, 6.07) is 11.5. The summed E-state index contributed by atoms with van der Waals surface area (Å²) in [5.74, 6) is 0.792. The van der Waals surface area contributed by atoms with Crippen LogP contribution in [-0.2, 0) is 14.9 Å². The molecule has 7 nitrogen and oxygen atoms in total. The van der Waals surface area contributed by atoms with Crippen LogP contribution < -0.4 is 4.74 Å². The molecule has 0 radical (unpaired) electrons. The number of nitrogens with zero attached hydrogens (tertiary/aromatic N) is 1. The number of rotatable bonds is 7. The summed E-state index contributed by atoms with van der Waals surface area (Å²) in [6.07, 6.45) is 3.43. The number of likely N-dealkylation sites (tertiary alicyclic amines) is 1. The van der Waals surface area contributed by atoms with E-state index < -0.39 is 10.1 Å². The molecule has 1 saturated heterocycles. The van der Waals surface area contributed by atoms with Crippen molar-refractivity contribution in [1.82, 2.24) is 4.90 Å². The lowest BCUT2D eigenvalue weighted by atomic mass is 10.1. The molecule has 1 N–H and O–H groups in total. The van der Waals surface area contributed by atoms with Gasteiger partial charge in [-0.3, -0.25) is 9.35 Å². The molecule has 1 aliphatic heterocycles. The standard InChI is InChI=1S/C16H23NO3.C7H8O3S/c1-13-11-16(4-3-14(13)12-18)20-10-9-19-15-5-7-17(2)8-6-15;1-6-2-4-7(5-3-6)11(8,9)10/h3-4,11-12,15H,5-10H2,1-2H3;2-5H,1H3,(H,8,9,10). The van der Waals surface area contributed by atoms with Gasteiger partial charge < -0.3 is 14.4 Å². The van der Waals surface area contributed by atoms with E-state index >= 15 is 0 Å². The van der Waals surface area contributed by atoms with E-state index in [4.69, 9.17) is 14.0 Å². The summed E-state index contributed by atoms with van der Waals surface area (Å²) >= 11 is 0. The summed E-state index contributed by atoms with van der Waals surface area (Å²) < 4.78 is 41.0. The van der Waals surface area contributed by atoms with Crippen LogP contribution in [0.25, 0.3) is 0 Å². The molecule has 0 spiro atoms. The van der Waals surface area contributed by atoms with E-state index in [-0.39, 0.29) is 4.90 Å². The molecule has 2 aromatic carbocycles. The average molecular weight is 450 g/mol. The minimum atomic E-state index is -4.02. The van der Waals surface area contributed by atoms with Gasteiger partial charge in [0.15, 0.2) is 0 Å². The molecule has 1 heterocycles. The van der Waals surface area contributed by atoms with Gasteiger partial charge in [0.2, 0.25) is 0 Å². The van der Waals surface area contributed by atoms with Crippen molar-refractivity contribution >= 4 is 16.4 Å². The summed E-state index contributed by atoms with van der Waals surface area (Å²) in [5, 5.41) is 0. The predicted octanol–water partition coefficient (Wildman–Crippen LogP) is 3.54. The number of aldehydes is 1. The molecule has 0 amide bonds. The first kappa shape index (κ1) is 25.0. The zero-order valence-corrected chi connectivity index (χ0v) is 19.1. The normalized spacial score (nSPS) is 15.1. The third-order valence-electron chi connectivity index (χ3n) is 5.06. The summed E-state index contributed by atoms with van der Waals surface area (Å²) in [6.45, 7) is 7.13. The van der Waals surface area contributed by atoms with E-state index in [0.29, 0.717) is 24.9 Å². The molecule has 0 unspecified atom stereocenters. The number of hydrogen-bond donors (Lipinski definition) is 1. The first-order valence-electron chi connectivity index (χ1n) is 10.2. The summed E-state index contributed by atoms with van der Waals surface area (Å²) in [5.41, 5.74) is 2.60. The van der Waals surface area contributed by atoms with Crippen LogP contribution in [0.3, 0.4) is 0 Å². The van der Waals surface area contributed by atoms with Crippen LogP contribution in [0.15, 0.2) is 47.4 Å². The zero-order valence-electron chi connectivity index (χ0n) is 18.3. The second-order valence-electron chi connectivity index (χ2n) is 7.65. The lowest BCUT2D eigenvalue weighted by Crippen LogP contribution is -2.34. The third kappa shape index (κ3) is 8.78. The monoisotopic (exact) mass is 449 g/mol. The van der Waals surface area contributed by atoms with Crippen molar-refractivity contribution in [3.63, 3.8) is 0 Å². The van der Waals surface area contributed by atoms with E-state index in [1.807, 2.05) is 26.0 Å². The molecule has 170 valence electrons. The third-order valence-corrected chi connectivity index (χ3v) is 5.93. The Morgan fingerprint density at radius 3 is 2.26 bits per heavy atom. The number of benzene rings is 2. The first-order valence-corrected chi connectivity index (χ1v) is 11.7. The van der Waals surface area contributed by atoms with Crippen LogP contribution in [0.1, 0.15) is 34.3 Å². The highest BCUT2D eigenvalue weighted by Gasteiger charge is 2.16. The fraction of sp³-hybridized carbons (Fsp3) is 0.435. The highest BCUT2D eigenvalue weighted by molar-refractivity contribution is 7.85. The SMILES string of the molecule is Cc1cc(OCCOC2CCN(C)CC2)ccc1C=O.Cc1ccc(S(=O)(=O)O)cc1. The molecule has 3 rings (SSSR count). The Morgan fingerprint density at radius 2 is 1.71 bits per heavy atom. The molecule has 0 atom stereocenters. The minimum Gasteiger partial charge on any atom is -0.491 e. The maximum Gasteiger partial charge on any atom is 0.294 e. The number of ether oxygens (including phenoxy) is 2. The number of hydrogen-bond acceptors (Lipinski definition) is 6. The Morgan fingerprint density at radius 1 is 1.06 bits per heavy atom. The number of carbonyl (C=O) groups excluding carboxylic acids is 1. The Hall–Kier alpha value is -2.26. The van der Waals surface area contributed by atoms with E-state index in [1.54, 1.807) is 18.2 Å². The summed E-state index contributed by atoms with van der Waals surface area (Å²) in [7, 11) is -1.88. The molecule has 31 heavy (non-hydrogen) atoms. The largest absolute Gasteiger partial charge is 0.491 e. The van der Waals surface area contributed by atoms with Gasteiger partial charge in [-0.2, -0.15) is 8.42 Å². The maximum atomic E-state index is 10.7. The number of carbonyl (C=O) groups is 1. The van der Waals surface area contributed by atoms with Crippen LogP contribution in [-0.4, -0.2) is 63.6 Å². The van der Waals surface area contributed by atoms with Gasteiger partial charge in [-0.05, 0) is 69.6 Å². The Balaban J connectivity index is 0.000000262. The molecule has 8 heteroatoms. The molecule has 1 fully saturated rings. The Kier molecular flexibility index (Phi) is 9.64. The molecule has 0 bridgehead atoms. The van der Waals surface area contributed by atoms with Crippen molar-refractivity contribution in [3.8, 4) is 5.75 Å². The van der Waals surface area contributed by atoms with Crippen molar-refractivity contribution in [3.05, 3.63) is 59.2 Å². The van der Waals surface area contributed by atoms with E-state index in [0.717, 1.165) is 49.1 Å². The quantitative estimate of drug-likeness (QED) is 0.393. The van der Waals surface area contributed by atoms with Crippen LogP contribution in [0.5, 0.6) is 5.75 Å². The van der Waals surface area contributed by atoms with Crippen molar-refractivity contribution in [2.75, 3.05) is 33.4 Å². The van der Waals surface area contributed by atoms with E-state index in [1.165, 1.54) is 12.1 Å². The second kappa shape index (κ2) is 12.0. The topological polar surface area (TPSA) is 93.1 Å². The lowest BCUT2D eigenvalue weighted by molar-refractivity contribution is -0.000261. The second-order valence-corrected chi connectivity index (χ2v) is 9.07. The van der Waals surface area contributed by atoms with Gasteiger partial charge in [-0.25, -0.2) is 0 Å². The van der Waals surface area contributed by atoms with Crippen molar-refractivity contribution in [1.29, 1.82) is 0 Å². The smallest absolute Gasteiger partial charge is 0.294 e. The van der Waals surface area contributed by atoms with Gasteiger partial charge in [0.1, 0.15) is 18.6 Å². The lowest BCUT2D eigenvalue weighted by Gasteiger charge is -2.28. The van der Waals surface area contributed by atoms with Gasteiger partial charge in [-0.15, -0.1) is 0 Å². The van der Waals surface area contributed by atoms with Crippen LogP contribution >= 0.6 is 0 Å². The Bertz CT molecular complexity index is 935. The first-order chi connectivity index (χ1) is 14.7. The fourth-order valence-corrected chi connectivity index (χ4v) is 3.59. The number of piperidine rings is 1. The zero-order chi connectivity index (χ0) is 22.9. The van der Waals surface area contributed by atoms with Gasteiger partial charge in [0.25, 0.3) is 10.1 Å². The van der Waals surface area contributed by atoms with Crippen molar-refractivity contribution in [2.24, 2.45) is 0 Å². The molecule has 1 aliphatic rings. The van der Waals surface area contributed by atoms with E-state index in [9.17, 15) is 13.2 Å². The molecule has 0 saturated carbocycles. The number of aryl methyl sites for hydroxylation is 2. The van der Waals surface area contributed by atoms with E-state index in [2.05, 4.69) is 11.9 Å². The van der Waals surface area contributed by atoms with Gasteiger partial charge in [0, 0.05) is 18.7 Å². The van der Waals surface area contributed by atoms with Crippen LogP contribution in [0, 0.1) is 13.8 Å². The maximum absolute atomic E-state index is 10.7. The predicted molar refractivity (Wildman–Crippen MR) is 120 cm³/mol. The Labute approximate surface area is 184 Å². The molecular weight excluding hydrogens is 418 g/mol. The summed E-state index contributed by atoms with van der Waals surface area (Å²) in [4.78, 5) is 13.0. The molecular formula is C23H31NO6S. The van der Waals surface area contributed by atoms with Crippen molar-refractivity contribution in [2.45, 2.75) is 37.7 Å². The van der Waals surface area contributed by atoms with Crippen molar-refractivity contribution < 1.29 is 27.2 Å². The van der Waals surface area contributed by atoms with Gasteiger partial charge in [0.05, 0.1) is 17.6 Å². The molecule has 2 aromatic rings. The van der Waals surface area contributed by atoms with Crippen LogP contribution in [0.4, 0.5) is 0 Å². The minimum absolute atomic E-state index is 0.0666. The van der Waals surface area contributed by atoms with Gasteiger partial charge >= 0.3 is 0 Å².